The molecule has 0 radical (unpaired) electrons. The number of methoxy groups -OCH3 is 1. The third-order valence-electron chi connectivity index (χ3n) is 3.33. The first-order valence-electron chi connectivity index (χ1n) is 6.64. The van der Waals surface area contributed by atoms with Crippen LogP contribution in [0.25, 0.3) is 22.6 Å². The van der Waals surface area contributed by atoms with Crippen LogP contribution in [0.3, 0.4) is 0 Å². The normalized spacial score (nSPS) is 10.7. The topological polar surface area (TPSA) is 71.0 Å². The highest BCUT2D eigenvalue weighted by molar-refractivity contribution is 5.73. The molecule has 2 heterocycles. The standard InChI is InChI=1S/C16H14FN3O2/c1-9-15(12-5-4-11(21)7-13(12)22-2)20-16(19-9)10-3-6-14(17)18-8-10/h3-8,21H,1-2H3,(H,19,20). The number of nitrogens with zero attached hydrogens (tertiary/aromatic N) is 2. The molecule has 0 aliphatic carbocycles. The molecule has 2 aromatic heterocycles. The molecule has 0 saturated carbocycles. The van der Waals surface area contributed by atoms with Gasteiger partial charge >= 0.3 is 0 Å². The molecule has 112 valence electrons. The third kappa shape index (κ3) is 2.50. The summed E-state index contributed by atoms with van der Waals surface area (Å²) in [6.45, 7) is 1.88. The fraction of sp³-hybridized carbons (Fsp3) is 0.125. The van der Waals surface area contributed by atoms with Gasteiger partial charge in [0.2, 0.25) is 5.95 Å². The minimum atomic E-state index is -0.535. The van der Waals surface area contributed by atoms with E-state index in [9.17, 15) is 9.50 Å². The number of aryl methyl sites for hydroxylation is 1. The first-order valence-corrected chi connectivity index (χ1v) is 6.64. The Bertz CT molecular complexity index is 813. The van der Waals surface area contributed by atoms with Crippen molar-refractivity contribution >= 4 is 0 Å². The number of aromatic amines is 1. The van der Waals surface area contributed by atoms with Gasteiger partial charge in [-0.3, -0.25) is 0 Å². The molecule has 0 fully saturated rings. The van der Waals surface area contributed by atoms with Crippen molar-refractivity contribution < 1.29 is 14.2 Å². The molecule has 0 aliphatic heterocycles. The Kier molecular flexibility index (Phi) is 3.50. The van der Waals surface area contributed by atoms with Crippen LogP contribution in [0.15, 0.2) is 36.5 Å². The molecule has 0 amide bonds. The van der Waals surface area contributed by atoms with Gasteiger partial charge in [-0.25, -0.2) is 9.97 Å². The van der Waals surface area contributed by atoms with Gasteiger partial charge in [0.25, 0.3) is 0 Å². The molecule has 6 heteroatoms. The van der Waals surface area contributed by atoms with Crippen molar-refractivity contribution in [3.05, 3.63) is 48.2 Å². The highest BCUT2D eigenvalue weighted by Gasteiger charge is 2.15. The smallest absolute Gasteiger partial charge is 0.212 e. The van der Waals surface area contributed by atoms with Crippen LogP contribution in [0.4, 0.5) is 4.39 Å². The molecule has 2 N–H and O–H groups in total. The van der Waals surface area contributed by atoms with Crippen LogP contribution < -0.4 is 4.74 Å². The molecule has 0 saturated heterocycles. The molecular formula is C16H14FN3O2. The van der Waals surface area contributed by atoms with Gasteiger partial charge in [-0.05, 0) is 31.2 Å². The van der Waals surface area contributed by atoms with E-state index in [1.54, 1.807) is 18.2 Å². The van der Waals surface area contributed by atoms with Crippen molar-refractivity contribution in [3.63, 3.8) is 0 Å². The number of halogens is 1. The van der Waals surface area contributed by atoms with Crippen molar-refractivity contribution in [3.8, 4) is 34.1 Å². The molecule has 3 rings (SSSR count). The number of aromatic hydroxyl groups is 1. The molecule has 5 nitrogen and oxygen atoms in total. The predicted molar refractivity (Wildman–Crippen MR) is 80.2 cm³/mol. The number of phenolic OH excluding ortho intramolecular Hbond substituents is 1. The number of hydrogen-bond acceptors (Lipinski definition) is 4. The first kappa shape index (κ1) is 14.1. The SMILES string of the molecule is COc1cc(O)ccc1-c1nc(-c2ccc(F)nc2)[nH]c1C. The molecule has 0 bridgehead atoms. The maximum absolute atomic E-state index is 12.9. The second-order valence-electron chi connectivity index (χ2n) is 4.81. The first-order chi connectivity index (χ1) is 10.6. The summed E-state index contributed by atoms with van der Waals surface area (Å²) in [5.41, 5.74) is 2.99. The minimum absolute atomic E-state index is 0.122. The number of ether oxygens (including phenoxy) is 1. The molecule has 1 aromatic carbocycles. The predicted octanol–water partition coefficient (Wildman–Crippen LogP) is 3.30. The fourth-order valence-electron chi connectivity index (χ4n) is 2.25. The van der Waals surface area contributed by atoms with Crippen LogP contribution in [-0.2, 0) is 0 Å². The van der Waals surface area contributed by atoms with E-state index in [-0.39, 0.29) is 5.75 Å². The van der Waals surface area contributed by atoms with Crippen molar-refractivity contribution in [1.82, 2.24) is 15.0 Å². The van der Waals surface area contributed by atoms with Crippen LogP contribution in [0.1, 0.15) is 5.69 Å². The van der Waals surface area contributed by atoms with E-state index in [0.29, 0.717) is 22.8 Å². The van der Waals surface area contributed by atoms with Gasteiger partial charge in [0.05, 0.1) is 12.8 Å². The van der Waals surface area contributed by atoms with Crippen molar-refractivity contribution in [2.45, 2.75) is 6.92 Å². The number of H-pyrrole nitrogens is 1. The Hall–Kier alpha value is -2.89. The zero-order chi connectivity index (χ0) is 15.7. The van der Waals surface area contributed by atoms with Crippen LogP contribution >= 0.6 is 0 Å². The van der Waals surface area contributed by atoms with E-state index in [2.05, 4.69) is 15.0 Å². The van der Waals surface area contributed by atoms with Crippen LogP contribution in [0, 0.1) is 12.9 Å². The van der Waals surface area contributed by atoms with Gasteiger partial charge in [-0.1, -0.05) is 0 Å². The highest BCUT2D eigenvalue weighted by Crippen LogP contribution is 2.34. The van der Waals surface area contributed by atoms with Crippen molar-refractivity contribution in [2.75, 3.05) is 7.11 Å². The molecule has 22 heavy (non-hydrogen) atoms. The third-order valence-corrected chi connectivity index (χ3v) is 3.33. The maximum atomic E-state index is 12.9. The van der Waals surface area contributed by atoms with Crippen LogP contribution in [-0.4, -0.2) is 27.2 Å². The molecular weight excluding hydrogens is 285 g/mol. The number of pyridine rings is 1. The molecule has 0 aliphatic rings. The Morgan fingerprint density at radius 2 is 2.05 bits per heavy atom. The number of benzene rings is 1. The monoisotopic (exact) mass is 299 g/mol. The lowest BCUT2D eigenvalue weighted by Crippen LogP contribution is -1.89. The summed E-state index contributed by atoms with van der Waals surface area (Å²) in [4.78, 5) is 11.3. The van der Waals surface area contributed by atoms with Gasteiger partial charge in [-0.15, -0.1) is 0 Å². The lowest BCUT2D eigenvalue weighted by atomic mass is 10.1. The second kappa shape index (κ2) is 5.48. The van der Waals surface area contributed by atoms with Gasteiger partial charge in [0, 0.05) is 29.1 Å². The summed E-state index contributed by atoms with van der Waals surface area (Å²) in [7, 11) is 1.53. The van der Waals surface area contributed by atoms with Crippen molar-refractivity contribution in [2.24, 2.45) is 0 Å². The number of imidazole rings is 1. The summed E-state index contributed by atoms with van der Waals surface area (Å²) < 4.78 is 18.2. The summed E-state index contributed by atoms with van der Waals surface area (Å²) in [5, 5.41) is 9.54. The van der Waals surface area contributed by atoms with E-state index in [4.69, 9.17) is 4.74 Å². The Morgan fingerprint density at radius 3 is 2.73 bits per heavy atom. The Balaban J connectivity index is 2.08. The quantitative estimate of drug-likeness (QED) is 0.728. The lowest BCUT2D eigenvalue weighted by Gasteiger charge is -2.07. The van der Waals surface area contributed by atoms with E-state index in [1.807, 2.05) is 6.92 Å². The number of aromatic nitrogens is 3. The lowest BCUT2D eigenvalue weighted by molar-refractivity contribution is 0.409. The minimum Gasteiger partial charge on any atom is -0.508 e. The number of hydrogen-bond donors (Lipinski definition) is 2. The van der Waals surface area contributed by atoms with Gasteiger partial charge in [-0.2, -0.15) is 4.39 Å². The zero-order valence-corrected chi connectivity index (χ0v) is 12.1. The van der Waals surface area contributed by atoms with Crippen molar-refractivity contribution in [1.29, 1.82) is 0 Å². The average molecular weight is 299 g/mol. The highest BCUT2D eigenvalue weighted by atomic mass is 19.1. The van der Waals surface area contributed by atoms with E-state index >= 15 is 0 Å². The van der Waals surface area contributed by atoms with E-state index in [1.165, 1.54) is 25.4 Å². The van der Waals surface area contributed by atoms with Gasteiger partial charge < -0.3 is 14.8 Å². The summed E-state index contributed by atoms with van der Waals surface area (Å²) in [6.07, 6.45) is 1.42. The Labute approximate surface area is 126 Å². The molecule has 0 spiro atoms. The van der Waals surface area contributed by atoms with Gasteiger partial charge in [0.15, 0.2) is 0 Å². The number of phenols is 1. The molecule has 3 aromatic rings. The van der Waals surface area contributed by atoms with E-state index < -0.39 is 5.95 Å². The summed E-state index contributed by atoms with van der Waals surface area (Å²) in [5.74, 6) is 0.706. The van der Waals surface area contributed by atoms with Gasteiger partial charge in [0.1, 0.15) is 17.3 Å². The largest absolute Gasteiger partial charge is 0.508 e. The maximum Gasteiger partial charge on any atom is 0.212 e. The summed E-state index contributed by atoms with van der Waals surface area (Å²) in [6, 6.07) is 7.74. The fourth-order valence-corrected chi connectivity index (χ4v) is 2.25. The number of nitrogens with one attached hydrogen (secondary N) is 1. The molecule has 0 atom stereocenters. The Morgan fingerprint density at radius 1 is 1.23 bits per heavy atom. The second-order valence-corrected chi connectivity index (χ2v) is 4.81. The summed E-state index contributed by atoms with van der Waals surface area (Å²) >= 11 is 0. The average Bonchev–Trinajstić information content (AvgIpc) is 2.89. The van der Waals surface area contributed by atoms with E-state index in [0.717, 1.165) is 11.3 Å². The van der Waals surface area contributed by atoms with Crippen LogP contribution in [0.5, 0.6) is 11.5 Å². The van der Waals surface area contributed by atoms with Crippen LogP contribution in [0.2, 0.25) is 0 Å². The zero-order valence-electron chi connectivity index (χ0n) is 12.1. The number of rotatable bonds is 3. The molecule has 0 unspecified atom stereocenters.